The molecule has 2 aromatic heterocycles. The molecule has 7 heteroatoms. The molecule has 0 atom stereocenters. The molecule has 0 aliphatic rings. The monoisotopic (exact) mass is 297 g/mol. The lowest BCUT2D eigenvalue weighted by atomic mass is 10.3. The summed E-state index contributed by atoms with van der Waals surface area (Å²) in [6.07, 6.45) is 1.57. The summed E-state index contributed by atoms with van der Waals surface area (Å²) in [5.41, 5.74) is 0.944. The lowest BCUT2D eigenvalue weighted by molar-refractivity contribution is 0.577. The van der Waals surface area contributed by atoms with Crippen molar-refractivity contribution in [3.8, 4) is 0 Å². The van der Waals surface area contributed by atoms with Gasteiger partial charge in [-0.05, 0) is 30.1 Å². The van der Waals surface area contributed by atoms with Crippen LogP contribution in [0, 0.1) is 0 Å². The molecule has 2 heterocycles. The lowest BCUT2D eigenvalue weighted by Gasteiger charge is -2.06. The number of nitrogens with one attached hydrogen (secondary N) is 2. The number of pyridine rings is 1. The quantitative estimate of drug-likeness (QED) is 0.844. The molecule has 0 aromatic carbocycles. The summed E-state index contributed by atoms with van der Waals surface area (Å²) in [4.78, 5) is 4.95. The van der Waals surface area contributed by atoms with Crippen LogP contribution in [0.5, 0.6) is 0 Å². The molecule has 2 N–H and O–H groups in total. The van der Waals surface area contributed by atoms with Crippen molar-refractivity contribution in [2.75, 3.05) is 7.05 Å². The van der Waals surface area contributed by atoms with Crippen LogP contribution in [0.3, 0.4) is 0 Å². The van der Waals surface area contributed by atoms with Gasteiger partial charge in [0.1, 0.15) is 0 Å². The van der Waals surface area contributed by atoms with Gasteiger partial charge in [-0.1, -0.05) is 12.1 Å². The number of sulfonamides is 1. The molecule has 0 fully saturated rings. The van der Waals surface area contributed by atoms with Crippen molar-refractivity contribution in [3.63, 3.8) is 0 Å². The Hall–Kier alpha value is -1.28. The fourth-order valence-electron chi connectivity index (χ4n) is 1.53. The van der Waals surface area contributed by atoms with E-state index in [0.717, 1.165) is 10.4 Å². The summed E-state index contributed by atoms with van der Waals surface area (Å²) in [6.45, 7) is 0.954. The van der Waals surface area contributed by atoms with Crippen molar-refractivity contribution in [1.29, 1.82) is 0 Å². The lowest BCUT2D eigenvalue weighted by Crippen LogP contribution is -2.23. The van der Waals surface area contributed by atoms with Crippen LogP contribution in [0.15, 0.2) is 40.9 Å². The van der Waals surface area contributed by atoms with Gasteiger partial charge in [-0.25, -0.2) is 18.1 Å². The maximum absolute atomic E-state index is 12.0. The van der Waals surface area contributed by atoms with Gasteiger partial charge in [-0.15, -0.1) is 11.3 Å². The van der Waals surface area contributed by atoms with Crippen LogP contribution < -0.4 is 10.0 Å². The average molecular weight is 297 g/mol. The van der Waals surface area contributed by atoms with Gasteiger partial charge in [0.05, 0.1) is 0 Å². The molecule has 19 heavy (non-hydrogen) atoms. The number of nitrogens with zero attached hydrogens (tertiary/aromatic N) is 1. The van der Waals surface area contributed by atoms with Crippen LogP contribution >= 0.6 is 11.3 Å². The summed E-state index contributed by atoms with van der Waals surface area (Å²) in [5, 5.41) is 4.94. The third-order valence-electron chi connectivity index (χ3n) is 2.47. The van der Waals surface area contributed by atoms with Crippen LogP contribution in [0.1, 0.15) is 10.4 Å². The molecule has 0 unspecified atom stereocenters. The van der Waals surface area contributed by atoms with Crippen LogP contribution in [0.2, 0.25) is 0 Å². The molecule has 0 bridgehead atoms. The largest absolute Gasteiger partial charge is 0.316 e. The van der Waals surface area contributed by atoms with E-state index >= 15 is 0 Å². The van der Waals surface area contributed by atoms with E-state index in [4.69, 9.17) is 0 Å². The summed E-state index contributed by atoms with van der Waals surface area (Å²) in [5.74, 6) is 0. The maximum atomic E-state index is 12.0. The number of aromatic nitrogens is 1. The first-order valence-electron chi connectivity index (χ1n) is 5.73. The van der Waals surface area contributed by atoms with Gasteiger partial charge in [0.2, 0.25) is 0 Å². The Labute approximate surface area is 116 Å². The van der Waals surface area contributed by atoms with Crippen molar-refractivity contribution in [3.05, 3.63) is 46.3 Å². The molecule has 0 aliphatic carbocycles. The Kier molecular flexibility index (Phi) is 4.65. The molecule has 0 aliphatic heterocycles. The van der Waals surface area contributed by atoms with Crippen molar-refractivity contribution in [2.24, 2.45) is 0 Å². The van der Waals surface area contributed by atoms with Gasteiger partial charge in [0.15, 0.2) is 5.03 Å². The Morgan fingerprint density at radius 1 is 1.26 bits per heavy atom. The Morgan fingerprint density at radius 2 is 2.11 bits per heavy atom. The zero-order chi connectivity index (χ0) is 13.7. The van der Waals surface area contributed by atoms with Crippen LogP contribution in [0.4, 0.5) is 0 Å². The van der Waals surface area contributed by atoms with Gasteiger partial charge in [0, 0.05) is 24.2 Å². The molecule has 0 radical (unpaired) electrons. The highest BCUT2D eigenvalue weighted by molar-refractivity contribution is 7.89. The molecular formula is C12H15N3O2S2. The Morgan fingerprint density at radius 3 is 2.68 bits per heavy atom. The van der Waals surface area contributed by atoms with E-state index in [2.05, 4.69) is 15.0 Å². The van der Waals surface area contributed by atoms with Crippen molar-refractivity contribution in [1.82, 2.24) is 15.0 Å². The highest BCUT2D eigenvalue weighted by Gasteiger charge is 2.15. The third kappa shape index (κ3) is 3.84. The minimum absolute atomic E-state index is 0.0453. The van der Waals surface area contributed by atoms with Crippen molar-refractivity contribution >= 4 is 21.4 Å². The normalized spacial score (nSPS) is 11.6. The van der Waals surface area contributed by atoms with Gasteiger partial charge in [-0.2, -0.15) is 0 Å². The van der Waals surface area contributed by atoms with E-state index in [-0.39, 0.29) is 5.03 Å². The zero-order valence-electron chi connectivity index (χ0n) is 10.5. The number of thiophene rings is 1. The van der Waals surface area contributed by atoms with Crippen molar-refractivity contribution < 1.29 is 8.42 Å². The predicted octanol–water partition coefficient (Wildman–Crippen LogP) is 1.34. The number of rotatable bonds is 6. The third-order valence-corrected chi connectivity index (χ3v) is 4.66. The zero-order valence-corrected chi connectivity index (χ0v) is 12.1. The smallest absolute Gasteiger partial charge is 0.258 e. The predicted molar refractivity (Wildman–Crippen MR) is 75.3 cm³/mol. The first-order valence-corrected chi connectivity index (χ1v) is 8.09. The minimum Gasteiger partial charge on any atom is -0.316 e. The Balaban J connectivity index is 2.06. The van der Waals surface area contributed by atoms with Gasteiger partial charge in [-0.3, -0.25) is 0 Å². The molecule has 0 saturated carbocycles. The summed E-state index contributed by atoms with van der Waals surface area (Å²) in [7, 11) is -1.72. The van der Waals surface area contributed by atoms with Crippen molar-refractivity contribution in [2.45, 2.75) is 18.1 Å². The molecule has 5 nitrogen and oxygen atoms in total. The summed E-state index contributed by atoms with van der Waals surface area (Å²) in [6, 6.07) is 7.04. The SMILES string of the molecule is CNCc1ccc(S(=O)(=O)NCc2cccs2)nc1. The second-order valence-electron chi connectivity index (χ2n) is 3.94. The molecular weight excluding hydrogens is 282 g/mol. The average Bonchev–Trinajstić information content (AvgIpc) is 2.91. The first-order chi connectivity index (χ1) is 9.12. The first kappa shape index (κ1) is 14.1. The van der Waals surface area contributed by atoms with E-state index < -0.39 is 10.0 Å². The molecule has 0 amide bonds. The molecule has 2 aromatic rings. The van der Waals surface area contributed by atoms with Gasteiger partial charge >= 0.3 is 0 Å². The van der Waals surface area contributed by atoms with Gasteiger partial charge in [0.25, 0.3) is 10.0 Å². The summed E-state index contributed by atoms with van der Waals surface area (Å²) < 4.78 is 26.6. The topological polar surface area (TPSA) is 71.1 Å². The second-order valence-corrected chi connectivity index (χ2v) is 6.68. The standard InChI is InChI=1S/C12H15N3O2S2/c1-13-7-10-4-5-12(14-8-10)19(16,17)15-9-11-3-2-6-18-11/h2-6,8,13,15H,7,9H2,1H3. The van der Waals surface area contributed by atoms with Crippen LogP contribution in [-0.4, -0.2) is 20.4 Å². The highest BCUT2D eigenvalue weighted by Crippen LogP contribution is 2.11. The van der Waals surface area contributed by atoms with E-state index in [1.807, 2.05) is 24.6 Å². The highest BCUT2D eigenvalue weighted by atomic mass is 32.2. The number of hydrogen-bond acceptors (Lipinski definition) is 5. The molecule has 0 spiro atoms. The van der Waals surface area contributed by atoms with E-state index in [9.17, 15) is 8.42 Å². The van der Waals surface area contributed by atoms with E-state index in [0.29, 0.717) is 13.1 Å². The fraction of sp³-hybridized carbons (Fsp3) is 0.250. The van der Waals surface area contributed by atoms with E-state index in [1.54, 1.807) is 12.3 Å². The van der Waals surface area contributed by atoms with Crippen LogP contribution in [-0.2, 0) is 23.1 Å². The van der Waals surface area contributed by atoms with E-state index in [1.165, 1.54) is 17.4 Å². The molecule has 0 saturated heterocycles. The molecule has 2 rings (SSSR count). The maximum Gasteiger partial charge on any atom is 0.258 e. The van der Waals surface area contributed by atoms with Crippen LogP contribution in [0.25, 0.3) is 0 Å². The molecule has 102 valence electrons. The Bertz CT molecular complexity index is 607. The minimum atomic E-state index is -3.54. The van der Waals surface area contributed by atoms with Gasteiger partial charge < -0.3 is 5.32 Å². The summed E-state index contributed by atoms with van der Waals surface area (Å²) >= 11 is 1.51. The number of hydrogen-bond donors (Lipinski definition) is 2. The fourth-order valence-corrected chi connectivity index (χ4v) is 3.20. The second kappa shape index (κ2) is 6.25.